The molecular weight excluding hydrogens is 492 g/mol. The first kappa shape index (κ1) is 24.5. The Labute approximate surface area is 219 Å². The first-order valence-corrected chi connectivity index (χ1v) is 13.3. The molecule has 36 heavy (non-hydrogen) atoms. The lowest BCUT2D eigenvalue weighted by Gasteiger charge is -2.18. The molecule has 1 atom stereocenters. The fourth-order valence-electron chi connectivity index (χ4n) is 4.94. The molecule has 0 bridgehead atoms. The molecule has 184 valence electrons. The van der Waals surface area contributed by atoms with E-state index in [4.69, 9.17) is 21.3 Å². The number of nitrogens with one attached hydrogen (secondary N) is 1. The molecule has 1 aliphatic carbocycles. The molecular formula is C29H27ClN2O3S. The lowest BCUT2D eigenvalue weighted by Crippen LogP contribution is -2.18. The Hall–Kier alpha value is -3.22. The molecule has 0 fully saturated rings. The molecule has 2 heterocycles. The summed E-state index contributed by atoms with van der Waals surface area (Å²) in [5.41, 5.74) is 5.06. The lowest BCUT2D eigenvalue weighted by molar-refractivity contribution is 0.0526. The second-order valence-corrected chi connectivity index (χ2v) is 10.8. The maximum atomic E-state index is 13.9. The number of thiophene rings is 1. The van der Waals surface area contributed by atoms with Gasteiger partial charge in [-0.15, -0.1) is 11.3 Å². The van der Waals surface area contributed by atoms with Crippen LogP contribution in [0.4, 0.5) is 5.00 Å². The zero-order valence-electron chi connectivity index (χ0n) is 20.5. The molecule has 0 saturated carbocycles. The van der Waals surface area contributed by atoms with Crippen LogP contribution in [0.25, 0.3) is 22.2 Å². The Morgan fingerprint density at radius 2 is 1.97 bits per heavy atom. The summed E-state index contributed by atoms with van der Waals surface area (Å²) >= 11 is 7.75. The van der Waals surface area contributed by atoms with Gasteiger partial charge in [0, 0.05) is 20.8 Å². The van der Waals surface area contributed by atoms with Crippen molar-refractivity contribution in [3.8, 4) is 11.3 Å². The molecule has 5 nitrogen and oxygen atoms in total. The number of hydrogen-bond acceptors (Lipinski definition) is 5. The summed E-state index contributed by atoms with van der Waals surface area (Å²) in [6, 6.07) is 15.1. The van der Waals surface area contributed by atoms with Crippen molar-refractivity contribution in [2.24, 2.45) is 5.92 Å². The number of rotatable bonds is 5. The summed E-state index contributed by atoms with van der Waals surface area (Å²) in [7, 11) is 0. The Kier molecular flexibility index (Phi) is 6.82. The highest BCUT2D eigenvalue weighted by molar-refractivity contribution is 7.17. The lowest BCUT2D eigenvalue weighted by atomic mass is 9.88. The van der Waals surface area contributed by atoms with E-state index in [2.05, 4.69) is 12.2 Å². The van der Waals surface area contributed by atoms with Gasteiger partial charge >= 0.3 is 5.97 Å². The Bertz CT molecular complexity index is 1490. The van der Waals surface area contributed by atoms with E-state index in [9.17, 15) is 9.59 Å². The number of aromatic nitrogens is 1. The molecule has 5 rings (SSSR count). The van der Waals surface area contributed by atoms with Crippen molar-refractivity contribution in [2.75, 3.05) is 11.9 Å². The van der Waals surface area contributed by atoms with Gasteiger partial charge in [0.05, 0.1) is 28.9 Å². The number of nitrogens with zero attached hydrogens (tertiary/aromatic N) is 1. The molecule has 1 aliphatic rings. The normalized spacial score (nSPS) is 14.9. The van der Waals surface area contributed by atoms with Crippen LogP contribution < -0.4 is 5.32 Å². The number of carbonyl (C=O) groups excluding carboxylic acids is 2. The van der Waals surface area contributed by atoms with Gasteiger partial charge in [-0.25, -0.2) is 9.78 Å². The van der Waals surface area contributed by atoms with Crippen molar-refractivity contribution < 1.29 is 14.3 Å². The maximum absolute atomic E-state index is 13.9. The van der Waals surface area contributed by atoms with Gasteiger partial charge in [0.2, 0.25) is 0 Å². The standard InChI is InChI=1S/C29H27ClN2O3S/c1-4-35-29(34)25-21-13-12-16(2)14-23(21)36-28(25)32-27(33)24-17(3)26(18-8-7-9-19(30)15-18)31-22-11-6-5-10-20(22)24/h5-11,15-16H,4,12-14H2,1-3H3,(H,32,33)/t16-/m0/s1. The molecule has 2 aromatic carbocycles. The van der Waals surface area contributed by atoms with Gasteiger partial charge in [-0.1, -0.05) is 48.9 Å². The van der Waals surface area contributed by atoms with Gasteiger partial charge in [0.1, 0.15) is 5.00 Å². The van der Waals surface area contributed by atoms with Crippen LogP contribution in [0, 0.1) is 12.8 Å². The number of benzene rings is 2. The van der Waals surface area contributed by atoms with E-state index in [0.717, 1.165) is 46.2 Å². The number of para-hydroxylation sites is 1. The number of fused-ring (bicyclic) bond motifs is 2. The van der Waals surface area contributed by atoms with Gasteiger partial charge in [0.25, 0.3) is 5.91 Å². The summed E-state index contributed by atoms with van der Waals surface area (Å²) in [6.07, 6.45) is 2.73. The molecule has 0 spiro atoms. The van der Waals surface area contributed by atoms with E-state index in [1.807, 2.05) is 55.5 Å². The number of carbonyl (C=O) groups is 2. The van der Waals surface area contributed by atoms with Crippen molar-refractivity contribution in [1.29, 1.82) is 0 Å². The summed E-state index contributed by atoms with van der Waals surface area (Å²) < 4.78 is 5.38. The average Bonchev–Trinajstić information content (AvgIpc) is 3.20. The minimum atomic E-state index is -0.379. The summed E-state index contributed by atoms with van der Waals surface area (Å²) in [5, 5.41) is 5.00. The Morgan fingerprint density at radius 3 is 2.75 bits per heavy atom. The maximum Gasteiger partial charge on any atom is 0.341 e. The summed E-state index contributed by atoms with van der Waals surface area (Å²) in [4.78, 5) is 32.9. The van der Waals surface area contributed by atoms with Crippen LogP contribution >= 0.6 is 22.9 Å². The van der Waals surface area contributed by atoms with Crippen LogP contribution in [0.15, 0.2) is 48.5 Å². The fourth-order valence-corrected chi connectivity index (χ4v) is 6.52. The van der Waals surface area contributed by atoms with Crippen LogP contribution in [-0.4, -0.2) is 23.5 Å². The molecule has 0 radical (unpaired) electrons. The topological polar surface area (TPSA) is 68.3 Å². The monoisotopic (exact) mass is 518 g/mol. The third-order valence-electron chi connectivity index (χ3n) is 6.68. The number of halogens is 1. The second kappa shape index (κ2) is 10.0. The minimum absolute atomic E-state index is 0.272. The highest BCUT2D eigenvalue weighted by Crippen LogP contribution is 2.41. The third kappa shape index (κ3) is 4.51. The van der Waals surface area contributed by atoms with E-state index in [-0.39, 0.29) is 18.5 Å². The first-order valence-electron chi connectivity index (χ1n) is 12.2. The molecule has 1 N–H and O–H groups in total. The number of esters is 1. The molecule has 0 unspecified atom stereocenters. The van der Waals surface area contributed by atoms with Crippen LogP contribution in [0.3, 0.4) is 0 Å². The zero-order chi connectivity index (χ0) is 25.4. The highest BCUT2D eigenvalue weighted by Gasteiger charge is 2.30. The van der Waals surface area contributed by atoms with Crippen molar-refractivity contribution >= 4 is 50.7 Å². The van der Waals surface area contributed by atoms with Gasteiger partial charge < -0.3 is 10.1 Å². The number of anilines is 1. The van der Waals surface area contributed by atoms with Gasteiger partial charge in [-0.05, 0) is 68.4 Å². The van der Waals surface area contributed by atoms with E-state index in [1.54, 1.807) is 6.92 Å². The number of amides is 1. The van der Waals surface area contributed by atoms with Crippen LogP contribution in [0.1, 0.15) is 57.0 Å². The molecule has 2 aromatic heterocycles. The third-order valence-corrected chi connectivity index (χ3v) is 8.08. The van der Waals surface area contributed by atoms with Crippen LogP contribution in [-0.2, 0) is 17.6 Å². The first-order chi connectivity index (χ1) is 17.4. The SMILES string of the molecule is CCOC(=O)c1c(NC(=O)c2c(C)c(-c3cccc(Cl)c3)nc3ccccc23)sc2c1CC[C@H](C)C2. The highest BCUT2D eigenvalue weighted by atomic mass is 35.5. The van der Waals surface area contributed by atoms with Gasteiger partial charge in [0.15, 0.2) is 0 Å². The largest absolute Gasteiger partial charge is 0.462 e. The van der Waals surface area contributed by atoms with Crippen molar-refractivity contribution in [1.82, 2.24) is 4.98 Å². The molecule has 0 saturated heterocycles. The Morgan fingerprint density at radius 1 is 1.17 bits per heavy atom. The smallest absolute Gasteiger partial charge is 0.341 e. The van der Waals surface area contributed by atoms with Crippen molar-refractivity contribution in [2.45, 2.75) is 40.0 Å². The summed E-state index contributed by atoms with van der Waals surface area (Å²) in [6.45, 7) is 6.19. The predicted molar refractivity (Wildman–Crippen MR) is 146 cm³/mol. The number of ether oxygens (including phenoxy) is 1. The molecule has 1 amide bonds. The quantitative estimate of drug-likeness (QED) is 0.278. The van der Waals surface area contributed by atoms with E-state index >= 15 is 0 Å². The molecule has 4 aromatic rings. The second-order valence-electron chi connectivity index (χ2n) is 9.22. The Balaban J connectivity index is 1.62. The zero-order valence-corrected chi connectivity index (χ0v) is 22.1. The fraction of sp³-hybridized carbons (Fsp3) is 0.276. The predicted octanol–water partition coefficient (Wildman–Crippen LogP) is 7.48. The van der Waals surface area contributed by atoms with E-state index in [0.29, 0.717) is 38.3 Å². The number of pyridine rings is 1. The molecule has 0 aliphatic heterocycles. The molecule has 7 heteroatoms. The van der Waals surface area contributed by atoms with Gasteiger partial charge in [-0.2, -0.15) is 0 Å². The van der Waals surface area contributed by atoms with E-state index in [1.165, 1.54) is 11.3 Å². The average molecular weight is 519 g/mol. The summed E-state index contributed by atoms with van der Waals surface area (Å²) in [5.74, 6) is -0.108. The van der Waals surface area contributed by atoms with E-state index < -0.39 is 0 Å². The minimum Gasteiger partial charge on any atom is -0.462 e. The van der Waals surface area contributed by atoms with Crippen LogP contribution in [0.2, 0.25) is 5.02 Å². The van der Waals surface area contributed by atoms with Crippen molar-refractivity contribution in [3.63, 3.8) is 0 Å². The number of hydrogen-bond donors (Lipinski definition) is 1. The van der Waals surface area contributed by atoms with Crippen molar-refractivity contribution in [3.05, 3.63) is 80.7 Å². The van der Waals surface area contributed by atoms with Gasteiger partial charge in [-0.3, -0.25) is 4.79 Å². The van der Waals surface area contributed by atoms with Crippen LogP contribution in [0.5, 0.6) is 0 Å².